The fourth-order valence-corrected chi connectivity index (χ4v) is 2.51. The molecule has 0 saturated carbocycles. The van der Waals surface area contributed by atoms with Crippen LogP contribution in [0.3, 0.4) is 0 Å². The number of nitrogens with two attached hydrogens (primary N) is 1. The number of hydrazone groups is 1. The molecule has 9 heteroatoms. The maximum atomic E-state index is 12.1. The molecule has 0 bridgehead atoms. The van der Waals surface area contributed by atoms with Crippen molar-refractivity contribution in [2.24, 2.45) is 10.2 Å². The topological polar surface area (TPSA) is 111 Å². The summed E-state index contributed by atoms with van der Waals surface area (Å²) in [5.74, 6) is -0.128. The first-order valence-corrected chi connectivity index (χ1v) is 8.53. The fourth-order valence-electron chi connectivity index (χ4n) is 1.83. The smallest absolute Gasteiger partial charge is 0.275 e. The summed E-state index contributed by atoms with van der Waals surface area (Å²) in [6.07, 6.45) is 1.36. The lowest BCUT2D eigenvalue weighted by Crippen LogP contribution is -2.18. The molecule has 0 aliphatic carbocycles. The van der Waals surface area contributed by atoms with Crippen molar-refractivity contribution in [2.45, 2.75) is 4.90 Å². The number of methoxy groups -OCH3 is 1. The number of benzene rings is 2. The van der Waals surface area contributed by atoms with E-state index in [9.17, 15) is 13.2 Å². The molecular weight excluding hydrogens is 354 g/mol. The van der Waals surface area contributed by atoms with E-state index in [2.05, 4.69) is 10.5 Å². The van der Waals surface area contributed by atoms with Crippen LogP contribution in [0.2, 0.25) is 5.02 Å². The predicted molar refractivity (Wildman–Crippen MR) is 90.9 cm³/mol. The van der Waals surface area contributed by atoms with Crippen molar-refractivity contribution in [1.29, 1.82) is 0 Å². The summed E-state index contributed by atoms with van der Waals surface area (Å²) in [5.41, 5.74) is 3.17. The van der Waals surface area contributed by atoms with Crippen LogP contribution in [0.1, 0.15) is 15.9 Å². The molecule has 0 heterocycles. The molecule has 0 spiro atoms. The number of amides is 1. The summed E-state index contributed by atoms with van der Waals surface area (Å²) in [7, 11) is -2.30. The summed E-state index contributed by atoms with van der Waals surface area (Å²) >= 11 is 5.87. The van der Waals surface area contributed by atoms with Gasteiger partial charge in [-0.25, -0.2) is 19.0 Å². The largest absolute Gasteiger partial charge is 0.496 e. The molecule has 2 rings (SSSR count). The van der Waals surface area contributed by atoms with Crippen molar-refractivity contribution < 1.29 is 17.9 Å². The number of halogens is 1. The van der Waals surface area contributed by atoms with E-state index in [1.165, 1.54) is 43.7 Å². The molecule has 24 heavy (non-hydrogen) atoms. The Labute approximate surface area is 144 Å². The van der Waals surface area contributed by atoms with Crippen LogP contribution < -0.4 is 15.3 Å². The number of ether oxygens (including phenoxy) is 1. The van der Waals surface area contributed by atoms with E-state index in [1.807, 2.05) is 0 Å². The third-order valence-electron chi connectivity index (χ3n) is 2.99. The Morgan fingerprint density at radius 3 is 2.50 bits per heavy atom. The van der Waals surface area contributed by atoms with Gasteiger partial charge in [0.2, 0.25) is 10.0 Å². The molecule has 3 N–H and O–H groups in total. The summed E-state index contributed by atoms with van der Waals surface area (Å²) in [5, 5.41) is 9.21. The minimum absolute atomic E-state index is 0.00708. The van der Waals surface area contributed by atoms with Gasteiger partial charge < -0.3 is 4.74 Å². The summed E-state index contributed by atoms with van der Waals surface area (Å²) < 4.78 is 27.4. The third kappa shape index (κ3) is 4.54. The lowest BCUT2D eigenvalue weighted by Gasteiger charge is -2.07. The molecule has 1 amide bonds. The maximum Gasteiger partial charge on any atom is 0.275 e. The van der Waals surface area contributed by atoms with Crippen LogP contribution in [0.25, 0.3) is 0 Å². The highest BCUT2D eigenvalue weighted by atomic mass is 35.5. The molecule has 0 radical (unpaired) electrons. The first kappa shape index (κ1) is 17.9. The van der Waals surface area contributed by atoms with Crippen LogP contribution in [-0.4, -0.2) is 27.6 Å². The number of primary sulfonamides is 1. The monoisotopic (exact) mass is 367 g/mol. The fraction of sp³-hybridized carbons (Fsp3) is 0.0667. The standard InChI is InChI=1S/C15H14ClN3O4S/c1-23-14-7-4-11(16)8-13(14)15(20)19-18-9-10-2-5-12(6-3-10)24(17,21)22/h2-9H,1H3,(H,19,20)(H2,17,21,22). The predicted octanol–water partition coefficient (Wildman–Crippen LogP) is 1.76. The van der Waals surface area contributed by atoms with E-state index < -0.39 is 15.9 Å². The summed E-state index contributed by atoms with van der Waals surface area (Å²) in [4.78, 5) is 12.1. The van der Waals surface area contributed by atoms with Crippen LogP contribution in [0.4, 0.5) is 0 Å². The van der Waals surface area contributed by atoms with Gasteiger partial charge in [0, 0.05) is 5.02 Å². The summed E-state index contributed by atoms with van der Waals surface area (Å²) in [6, 6.07) is 10.4. The molecule has 2 aromatic rings. The molecule has 0 aliphatic heterocycles. The molecule has 0 aliphatic rings. The Balaban J connectivity index is 2.09. The summed E-state index contributed by atoms with van der Waals surface area (Å²) in [6.45, 7) is 0. The Morgan fingerprint density at radius 2 is 1.92 bits per heavy atom. The van der Waals surface area contributed by atoms with Crippen molar-refractivity contribution in [3.05, 3.63) is 58.6 Å². The number of hydrogen-bond acceptors (Lipinski definition) is 5. The van der Waals surface area contributed by atoms with Crippen LogP contribution in [0, 0.1) is 0 Å². The minimum Gasteiger partial charge on any atom is -0.496 e. The molecule has 0 aromatic heterocycles. The molecule has 0 unspecified atom stereocenters. The van der Waals surface area contributed by atoms with Gasteiger partial charge in [-0.05, 0) is 35.9 Å². The average Bonchev–Trinajstić information content (AvgIpc) is 2.54. The zero-order chi connectivity index (χ0) is 17.7. The van der Waals surface area contributed by atoms with Gasteiger partial charge in [0.1, 0.15) is 5.75 Å². The second kappa shape index (κ2) is 7.43. The minimum atomic E-state index is -3.74. The zero-order valence-electron chi connectivity index (χ0n) is 12.6. The number of hydrogen-bond donors (Lipinski definition) is 2. The van der Waals surface area contributed by atoms with Crippen LogP contribution in [0.15, 0.2) is 52.5 Å². The Bertz CT molecular complexity index is 880. The van der Waals surface area contributed by atoms with Crippen LogP contribution in [-0.2, 0) is 10.0 Å². The van der Waals surface area contributed by atoms with Crippen molar-refractivity contribution in [1.82, 2.24) is 5.43 Å². The molecular formula is C15H14ClN3O4S. The second-order valence-corrected chi connectivity index (χ2v) is 6.66. The highest BCUT2D eigenvalue weighted by Gasteiger charge is 2.12. The van der Waals surface area contributed by atoms with Crippen molar-refractivity contribution in [3.63, 3.8) is 0 Å². The number of rotatable bonds is 5. The SMILES string of the molecule is COc1ccc(Cl)cc1C(=O)NN=Cc1ccc(S(N)(=O)=O)cc1. The highest BCUT2D eigenvalue weighted by molar-refractivity contribution is 7.89. The number of carbonyl (C=O) groups is 1. The highest BCUT2D eigenvalue weighted by Crippen LogP contribution is 2.22. The van der Waals surface area contributed by atoms with E-state index in [0.717, 1.165) is 0 Å². The van der Waals surface area contributed by atoms with Gasteiger partial charge in [-0.2, -0.15) is 5.10 Å². The average molecular weight is 368 g/mol. The van der Waals surface area contributed by atoms with Gasteiger partial charge in [-0.1, -0.05) is 23.7 Å². The Morgan fingerprint density at radius 1 is 1.25 bits per heavy atom. The lowest BCUT2D eigenvalue weighted by molar-refractivity contribution is 0.0952. The molecule has 0 saturated heterocycles. The van der Waals surface area contributed by atoms with E-state index in [-0.39, 0.29) is 10.5 Å². The van der Waals surface area contributed by atoms with Gasteiger partial charge in [0.15, 0.2) is 0 Å². The van der Waals surface area contributed by atoms with Crippen molar-refractivity contribution >= 4 is 33.7 Å². The number of sulfonamides is 1. The zero-order valence-corrected chi connectivity index (χ0v) is 14.1. The van der Waals surface area contributed by atoms with Gasteiger partial charge in [-0.3, -0.25) is 4.79 Å². The van der Waals surface area contributed by atoms with E-state index >= 15 is 0 Å². The Hall–Kier alpha value is -2.42. The maximum absolute atomic E-state index is 12.1. The van der Waals surface area contributed by atoms with Gasteiger partial charge in [0.05, 0.1) is 23.8 Å². The first-order valence-electron chi connectivity index (χ1n) is 6.61. The van der Waals surface area contributed by atoms with Gasteiger partial charge in [0.25, 0.3) is 5.91 Å². The number of carbonyl (C=O) groups excluding carboxylic acids is 1. The van der Waals surface area contributed by atoms with Gasteiger partial charge in [-0.15, -0.1) is 0 Å². The molecule has 0 fully saturated rings. The van der Waals surface area contributed by atoms with E-state index in [4.69, 9.17) is 21.5 Å². The lowest BCUT2D eigenvalue weighted by atomic mass is 10.2. The molecule has 7 nitrogen and oxygen atoms in total. The molecule has 126 valence electrons. The second-order valence-electron chi connectivity index (χ2n) is 4.66. The Kier molecular flexibility index (Phi) is 5.55. The van der Waals surface area contributed by atoms with E-state index in [0.29, 0.717) is 16.3 Å². The van der Waals surface area contributed by atoms with E-state index in [1.54, 1.807) is 12.1 Å². The normalized spacial score (nSPS) is 11.5. The van der Waals surface area contributed by atoms with Gasteiger partial charge >= 0.3 is 0 Å². The molecule has 2 aromatic carbocycles. The van der Waals surface area contributed by atoms with Crippen molar-refractivity contribution in [2.75, 3.05) is 7.11 Å². The molecule has 0 atom stereocenters. The number of nitrogens with zero attached hydrogens (tertiary/aromatic N) is 1. The van der Waals surface area contributed by atoms with Crippen LogP contribution in [0.5, 0.6) is 5.75 Å². The quantitative estimate of drug-likeness (QED) is 0.619. The van der Waals surface area contributed by atoms with Crippen LogP contribution >= 0.6 is 11.6 Å². The number of nitrogens with one attached hydrogen (secondary N) is 1. The first-order chi connectivity index (χ1) is 11.3. The third-order valence-corrected chi connectivity index (χ3v) is 4.16. The van der Waals surface area contributed by atoms with Crippen molar-refractivity contribution in [3.8, 4) is 5.75 Å².